The molecular weight excluding hydrogens is 186 g/mol. The average molecular weight is 197 g/mol. The van der Waals surface area contributed by atoms with E-state index >= 15 is 0 Å². The lowest BCUT2D eigenvalue weighted by Gasteiger charge is -1.99. The molecule has 1 amide bonds. The van der Waals surface area contributed by atoms with Crippen LogP contribution in [0.4, 0.5) is 0 Å². The molecule has 0 radical (unpaired) electrons. The predicted molar refractivity (Wildman–Crippen MR) is 47.8 cm³/mol. The van der Waals surface area contributed by atoms with Crippen molar-refractivity contribution in [2.75, 3.05) is 6.54 Å². The van der Waals surface area contributed by atoms with E-state index in [0.29, 0.717) is 0 Å². The molecule has 1 rings (SSSR count). The van der Waals surface area contributed by atoms with Crippen LogP contribution in [0.5, 0.6) is 0 Å². The maximum absolute atomic E-state index is 11.3. The average Bonchev–Trinajstić information content (AvgIpc) is 2.51. The van der Waals surface area contributed by atoms with E-state index in [-0.39, 0.29) is 24.6 Å². The zero-order chi connectivity index (χ0) is 10.6. The van der Waals surface area contributed by atoms with Crippen LogP contribution < -0.4 is 5.32 Å². The van der Waals surface area contributed by atoms with Gasteiger partial charge in [-0.15, -0.1) is 0 Å². The third-order valence-corrected chi connectivity index (χ3v) is 1.56. The monoisotopic (exact) mass is 197 g/mol. The fourth-order valence-corrected chi connectivity index (χ4v) is 0.904. The lowest BCUT2D eigenvalue weighted by atomic mass is 10.4. The van der Waals surface area contributed by atoms with Crippen LogP contribution in [0.15, 0.2) is 12.5 Å². The van der Waals surface area contributed by atoms with Crippen molar-refractivity contribution in [3.8, 4) is 0 Å². The first-order valence-corrected chi connectivity index (χ1v) is 4.07. The molecule has 6 nitrogen and oxygen atoms in total. The highest BCUT2D eigenvalue weighted by Crippen LogP contribution is 1.93. The van der Waals surface area contributed by atoms with Crippen molar-refractivity contribution in [1.29, 1.82) is 0 Å². The van der Waals surface area contributed by atoms with E-state index < -0.39 is 5.97 Å². The number of rotatable bonds is 4. The predicted octanol–water partition coefficient (Wildman–Crippen LogP) is -0.375. The first-order chi connectivity index (χ1) is 6.59. The van der Waals surface area contributed by atoms with E-state index in [1.54, 1.807) is 17.8 Å². The van der Waals surface area contributed by atoms with Gasteiger partial charge in [0.1, 0.15) is 5.69 Å². The third-order valence-electron chi connectivity index (χ3n) is 1.56. The van der Waals surface area contributed by atoms with Crippen molar-refractivity contribution in [3.05, 3.63) is 18.2 Å². The number of carbonyl (C=O) groups excluding carboxylic acids is 1. The molecule has 0 aliphatic carbocycles. The van der Waals surface area contributed by atoms with Crippen LogP contribution in [0.1, 0.15) is 16.9 Å². The molecule has 76 valence electrons. The Hall–Kier alpha value is -1.85. The number of carboxylic acids is 1. The molecule has 0 aliphatic heterocycles. The molecule has 0 bridgehead atoms. The Morgan fingerprint density at radius 2 is 2.36 bits per heavy atom. The summed E-state index contributed by atoms with van der Waals surface area (Å²) in [5.41, 5.74) is 0.290. The summed E-state index contributed by atoms with van der Waals surface area (Å²) >= 11 is 0. The van der Waals surface area contributed by atoms with Crippen molar-refractivity contribution in [3.63, 3.8) is 0 Å². The third kappa shape index (κ3) is 2.89. The Morgan fingerprint density at radius 3 is 2.86 bits per heavy atom. The molecule has 2 N–H and O–H groups in total. The zero-order valence-corrected chi connectivity index (χ0v) is 7.73. The van der Waals surface area contributed by atoms with Crippen LogP contribution >= 0.6 is 0 Å². The van der Waals surface area contributed by atoms with Crippen LogP contribution in [0, 0.1) is 0 Å². The number of carboxylic acid groups (broad SMARTS) is 1. The van der Waals surface area contributed by atoms with Gasteiger partial charge >= 0.3 is 5.97 Å². The Kier molecular flexibility index (Phi) is 3.22. The summed E-state index contributed by atoms with van der Waals surface area (Å²) in [4.78, 5) is 25.2. The Morgan fingerprint density at radius 1 is 1.64 bits per heavy atom. The number of aromatic nitrogens is 2. The Bertz CT molecular complexity index is 345. The molecule has 0 saturated heterocycles. The highest BCUT2D eigenvalue weighted by atomic mass is 16.4. The van der Waals surface area contributed by atoms with Gasteiger partial charge in [0.2, 0.25) is 0 Å². The fraction of sp³-hybridized carbons (Fsp3) is 0.375. The summed E-state index contributed by atoms with van der Waals surface area (Å²) in [7, 11) is 1.75. The molecule has 0 unspecified atom stereocenters. The highest BCUT2D eigenvalue weighted by Gasteiger charge is 2.07. The van der Waals surface area contributed by atoms with E-state index in [1.807, 2.05) is 0 Å². The fourth-order valence-electron chi connectivity index (χ4n) is 0.904. The molecule has 1 aromatic rings. The molecule has 14 heavy (non-hydrogen) atoms. The summed E-state index contributed by atoms with van der Waals surface area (Å²) < 4.78 is 1.64. The van der Waals surface area contributed by atoms with Crippen LogP contribution in [-0.2, 0) is 11.8 Å². The smallest absolute Gasteiger partial charge is 0.305 e. The molecular formula is C8H11N3O3. The summed E-state index contributed by atoms with van der Waals surface area (Å²) in [6.45, 7) is 0.116. The van der Waals surface area contributed by atoms with Gasteiger partial charge < -0.3 is 15.0 Å². The van der Waals surface area contributed by atoms with Crippen LogP contribution in [0.3, 0.4) is 0 Å². The molecule has 0 aromatic carbocycles. The minimum atomic E-state index is -0.939. The number of carbonyl (C=O) groups is 2. The molecule has 6 heteroatoms. The zero-order valence-electron chi connectivity index (χ0n) is 7.73. The Balaban J connectivity index is 2.39. The van der Waals surface area contributed by atoms with Crippen LogP contribution in [0.25, 0.3) is 0 Å². The normalized spacial score (nSPS) is 9.79. The Labute approximate surface area is 80.6 Å². The topological polar surface area (TPSA) is 84.2 Å². The van der Waals surface area contributed by atoms with Gasteiger partial charge in [0.25, 0.3) is 5.91 Å². The maximum atomic E-state index is 11.3. The van der Waals surface area contributed by atoms with Gasteiger partial charge in [-0.1, -0.05) is 0 Å². The minimum absolute atomic E-state index is 0.0847. The van der Waals surface area contributed by atoms with E-state index in [9.17, 15) is 9.59 Å². The standard InChI is InChI=1S/C8H11N3O3/c1-11-4-6(10-5-11)8(14)9-3-2-7(12)13/h4-5H,2-3H2,1H3,(H,9,14)(H,12,13). The van der Waals surface area contributed by atoms with Crippen molar-refractivity contribution >= 4 is 11.9 Å². The molecule has 0 spiro atoms. The summed E-state index contributed by atoms with van der Waals surface area (Å²) in [6, 6.07) is 0. The van der Waals surface area contributed by atoms with E-state index in [1.165, 1.54) is 6.33 Å². The van der Waals surface area contributed by atoms with Gasteiger partial charge in [-0.05, 0) is 0 Å². The minimum Gasteiger partial charge on any atom is -0.481 e. The van der Waals surface area contributed by atoms with Crippen molar-refractivity contribution in [2.24, 2.45) is 7.05 Å². The van der Waals surface area contributed by atoms with Gasteiger partial charge in [-0.3, -0.25) is 9.59 Å². The van der Waals surface area contributed by atoms with Crippen molar-refractivity contribution in [1.82, 2.24) is 14.9 Å². The second kappa shape index (κ2) is 4.40. The van der Waals surface area contributed by atoms with Gasteiger partial charge in [-0.2, -0.15) is 0 Å². The second-order valence-electron chi connectivity index (χ2n) is 2.82. The first kappa shape index (κ1) is 10.2. The molecule has 0 aliphatic rings. The molecule has 0 saturated carbocycles. The van der Waals surface area contributed by atoms with Gasteiger partial charge in [0.15, 0.2) is 0 Å². The van der Waals surface area contributed by atoms with E-state index in [2.05, 4.69) is 10.3 Å². The number of hydrogen-bond donors (Lipinski definition) is 2. The van der Waals surface area contributed by atoms with Crippen LogP contribution in [0.2, 0.25) is 0 Å². The van der Waals surface area contributed by atoms with E-state index in [0.717, 1.165) is 0 Å². The number of nitrogens with one attached hydrogen (secondary N) is 1. The highest BCUT2D eigenvalue weighted by molar-refractivity contribution is 5.92. The lowest BCUT2D eigenvalue weighted by molar-refractivity contribution is -0.136. The van der Waals surface area contributed by atoms with Crippen molar-refractivity contribution < 1.29 is 14.7 Å². The number of amides is 1. The maximum Gasteiger partial charge on any atom is 0.305 e. The summed E-state index contributed by atoms with van der Waals surface area (Å²) in [6.07, 6.45) is 2.99. The second-order valence-corrected chi connectivity index (χ2v) is 2.82. The van der Waals surface area contributed by atoms with Gasteiger partial charge in [0.05, 0.1) is 12.7 Å². The van der Waals surface area contributed by atoms with Crippen LogP contribution in [-0.4, -0.2) is 33.1 Å². The molecule has 0 atom stereocenters. The SMILES string of the molecule is Cn1cnc(C(=O)NCCC(=O)O)c1. The van der Waals surface area contributed by atoms with Crippen molar-refractivity contribution in [2.45, 2.75) is 6.42 Å². The number of nitrogens with zero attached hydrogens (tertiary/aromatic N) is 2. The van der Waals surface area contributed by atoms with E-state index in [4.69, 9.17) is 5.11 Å². The first-order valence-electron chi connectivity index (χ1n) is 4.07. The quantitative estimate of drug-likeness (QED) is 0.689. The lowest BCUT2D eigenvalue weighted by Crippen LogP contribution is -2.26. The number of aliphatic carboxylic acids is 1. The summed E-state index contributed by atoms with van der Waals surface area (Å²) in [5.74, 6) is -1.29. The molecule has 0 fully saturated rings. The number of imidazole rings is 1. The molecule has 1 aromatic heterocycles. The summed E-state index contributed by atoms with van der Waals surface area (Å²) in [5, 5.41) is 10.8. The van der Waals surface area contributed by atoms with Gasteiger partial charge in [0, 0.05) is 19.8 Å². The number of aryl methyl sites for hydroxylation is 1. The molecule has 1 heterocycles. The largest absolute Gasteiger partial charge is 0.481 e. The van der Waals surface area contributed by atoms with Gasteiger partial charge in [-0.25, -0.2) is 4.98 Å². The number of hydrogen-bond acceptors (Lipinski definition) is 3.